The van der Waals surface area contributed by atoms with Crippen molar-refractivity contribution >= 4 is 6.08 Å². The summed E-state index contributed by atoms with van der Waals surface area (Å²) in [5.74, 6) is 0. The van der Waals surface area contributed by atoms with Gasteiger partial charge in [0.25, 0.3) is 0 Å². The van der Waals surface area contributed by atoms with Crippen molar-refractivity contribution in [3.05, 3.63) is 89.0 Å². The van der Waals surface area contributed by atoms with E-state index in [9.17, 15) is 0 Å². The Morgan fingerprint density at radius 3 is 2.52 bits per heavy atom. The molecule has 0 spiro atoms. The zero-order valence-electron chi connectivity index (χ0n) is 15.3. The average molecular weight is 332 g/mol. The maximum atomic E-state index is 2.44. The second-order valence-corrected chi connectivity index (χ2v) is 7.06. The molecule has 1 nitrogen and oxygen atoms in total. The lowest BCUT2D eigenvalue weighted by molar-refractivity contribution is 0.363. The van der Waals surface area contributed by atoms with Gasteiger partial charge >= 0.3 is 0 Å². The first-order valence-electron chi connectivity index (χ1n) is 9.49. The number of likely N-dealkylation sites (N-methyl/N-ethyl adjacent to an activating group) is 1. The lowest BCUT2D eigenvalue weighted by Crippen LogP contribution is -2.17. The van der Waals surface area contributed by atoms with Crippen molar-refractivity contribution in [3.63, 3.8) is 0 Å². The number of rotatable bonds is 6. The highest BCUT2D eigenvalue weighted by Crippen LogP contribution is 2.22. The fourth-order valence-corrected chi connectivity index (χ4v) is 3.49. The summed E-state index contributed by atoms with van der Waals surface area (Å²) in [6.07, 6.45) is 15.2. The van der Waals surface area contributed by atoms with Crippen LogP contribution in [0.5, 0.6) is 0 Å². The maximum Gasteiger partial charge on any atom is 0.0234 e. The van der Waals surface area contributed by atoms with Gasteiger partial charge in [0.2, 0.25) is 0 Å². The van der Waals surface area contributed by atoms with Crippen molar-refractivity contribution in [2.75, 3.05) is 13.6 Å². The van der Waals surface area contributed by atoms with Crippen LogP contribution in [0.2, 0.25) is 0 Å². The van der Waals surface area contributed by atoms with Crippen LogP contribution >= 0.6 is 0 Å². The molecule has 1 aliphatic rings. The standard InChI is InChI=1S/C24H29N/c1-25(18-10-4-7-13-21-11-5-2-6-12-21)20-22-16-17-23-14-8-3-9-15-24(23)19-22/h2,4-7,10-13,16-17,19H,3,8-9,14-15,18,20H2,1H3. The Balaban J connectivity index is 1.49. The van der Waals surface area contributed by atoms with Gasteiger partial charge in [-0.3, -0.25) is 4.90 Å². The van der Waals surface area contributed by atoms with Crippen molar-refractivity contribution in [2.24, 2.45) is 0 Å². The predicted octanol–water partition coefficient (Wildman–Crippen LogP) is 5.66. The summed E-state index contributed by atoms with van der Waals surface area (Å²) in [6, 6.07) is 17.5. The van der Waals surface area contributed by atoms with Crippen molar-refractivity contribution in [1.29, 1.82) is 0 Å². The Morgan fingerprint density at radius 2 is 1.68 bits per heavy atom. The van der Waals surface area contributed by atoms with E-state index in [1.54, 1.807) is 11.1 Å². The van der Waals surface area contributed by atoms with Crippen molar-refractivity contribution in [3.8, 4) is 0 Å². The predicted molar refractivity (Wildman–Crippen MR) is 109 cm³/mol. The lowest BCUT2D eigenvalue weighted by atomic mass is 10.00. The van der Waals surface area contributed by atoms with Gasteiger partial charge in [-0.1, -0.05) is 79.3 Å². The number of fused-ring (bicyclic) bond motifs is 1. The van der Waals surface area contributed by atoms with E-state index in [1.807, 2.05) is 6.07 Å². The Morgan fingerprint density at radius 1 is 0.880 bits per heavy atom. The molecule has 0 bridgehead atoms. The largest absolute Gasteiger partial charge is 0.298 e. The molecule has 3 rings (SSSR count). The van der Waals surface area contributed by atoms with Crippen LogP contribution in [0.1, 0.15) is 41.5 Å². The number of hydrogen-bond donors (Lipinski definition) is 0. The summed E-state index contributed by atoms with van der Waals surface area (Å²) in [7, 11) is 2.19. The van der Waals surface area contributed by atoms with Gasteiger partial charge in [-0.05, 0) is 55.0 Å². The van der Waals surface area contributed by atoms with E-state index in [0.717, 1.165) is 13.1 Å². The topological polar surface area (TPSA) is 3.24 Å². The van der Waals surface area contributed by atoms with Gasteiger partial charge in [0.05, 0.1) is 0 Å². The first-order valence-corrected chi connectivity index (χ1v) is 9.49. The highest BCUT2D eigenvalue weighted by molar-refractivity contribution is 5.50. The summed E-state index contributed by atoms with van der Waals surface area (Å²) >= 11 is 0. The molecule has 0 radical (unpaired) electrons. The number of aryl methyl sites for hydroxylation is 2. The van der Waals surface area contributed by atoms with E-state index < -0.39 is 0 Å². The van der Waals surface area contributed by atoms with Crippen LogP contribution in [-0.2, 0) is 19.4 Å². The van der Waals surface area contributed by atoms with Crippen LogP contribution in [0, 0.1) is 0 Å². The van der Waals surface area contributed by atoms with Gasteiger partial charge in [0, 0.05) is 13.1 Å². The summed E-state index contributed by atoms with van der Waals surface area (Å²) in [4.78, 5) is 2.37. The van der Waals surface area contributed by atoms with Crippen LogP contribution in [0.15, 0.2) is 66.8 Å². The molecule has 0 saturated carbocycles. The van der Waals surface area contributed by atoms with Crippen molar-refractivity contribution < 1.29 is 0 Å². The fourth-order valence-electron chi connectivity index (χ4n) is 3.49. The molecular formula is C24H29N. The molecule has 0 atom stereocenters. The minimum Gasteiger partial charge on any atom is -0.298 e. The molecule has 25 heavy (non-hydrogen) atoms. The molecule has 0 amide bonds. The van der Waals surface area contributed by atoms with Gasteiger partial charge in [-0.2, -0.15) is 0 Å². The molecule has 0 aromatic heterocycles. The number of hydrogen-bond acceptors (Lipinski definition) is 1. The maximum absolute atomic E-state index is 2.44. The second kappa shape index (κ2) is 9.39. The fraction of sp³-hybridized carbons (Fsp3) is 0.333. The number of allylic oxidation sites excluding steroid dienone is 2. The van der Waals surface area contributed by atoms with E-state index >= 15 is 0 Å². The highest BCUT2D eigenvalue weighted by Gasteiger charge is 2.09. The molecule has 2 aromatic carbocycles. The van der Waals surface area contributed by atoms with Gasteiger partial charge in [0.1, 0.15) is 0 Å². The third-order valence-corrected chi connectivity index (χ3v) is 4.87. The van der Waals surface area contributed by atoms with Crippen LogP contribution in [0.4, 0.5) is 0 Å². The van der Waals surface area contributed by atoms with Crippen LogP contribution in [-0.4, -0.2) is 18.5 Å². The first kappa shape index (κ1) is 17.7. The summed E-state index contributed by atoms with van der Waals surface area (Å²) in [6.45, 7) is 1.98. The van der Waals surface area contributed by atoms with E-state index in [0.29, 0.717) is 0 Å². The Bertz CT molecular complexity index is 712. The van der Waals surface area contributed by atoms with Crippen LogP contribution in [0.3, 0.4) is 0 Å². The monoisotopic (exact) mass is 331 g/mol. The lowest BCUT2D eigenvalue weighted by Gasteiger charge is -2.16. The van der Waals surface area contributed by atoms with Gasteiger partial charge in [-0.15, -0.1) is 0 Å². The molecule has 1 heteroatoms. The van der Waals surface area contributed by atoms with Crippen molar-refractivity contribution in [2.45, 2.75) is 38.6 Å². The molecular weight excluding hydrogens is 302 g/mol. The highest BCUT2D eigenvalue weighted by atomic mass is 15.1. The molecule has 130 valence electrons. The van der Waals surface area contributed by atoms with E-state index in [2.05, 4.69) is 78.7 Å². The second-order valence-electron chi connectivity index (χ2n) is 7.06. The minimum absolute atomic E-state index is 0.968. The molecule has 0 unspecified atom stereocenters. The van der Waals surface area contributed by atoms with E-state index in [1.165, 1.54) is 43.2 Å². The number of nitrogens with zero attached hydrogens (tertiary/aromatic N) is 1. The molecule has 0 fully saturated rings. The van der Waals surface area contributed by atoms with E-state index in [4.69, 9.17) is 0 Å². The number of benzene rings is 2. The Labute approximate surface area is 152 Å². The molecule has 0 saturated heterocycles. The quantitative estimate of drug-likeness (QED) is 0.488. The molecule has 0 heterocycles. The van der Waals surface area contributed by atoms with Gasteiger partial charge < -0.3 is 0 Å². The summed E-state index contributed by atoms with van der Waals surface area (Å²) < 4.78 is 0. The van der Waals surface area contributed by atoms with Crippen LogP contribution < -0.4 is 0 Å². The summed E-state index contributed by atoms with van der Waals surface area (Å²) in [5.41, 5.74) is 5.85. The normalized spacial score (nSPS) is 15.0. The Kier molecular flexibility index (Phi) is 6.64. The zero-order valence-corrected chi connectivity index (χ0v) is 15.3. The zero-order chi connectivity index (χ0) is 17.3. The molecule has 0 N–H and O–H groups in total. The minimum atomic E-state index is 0.968. The molecule has 2 aromatic rings. The van der Waals surface area contributed by atoms with Crippen molar-refractivity contribution in [1.82, 2.24) is 4.90 Å². The smallest absolute Gasteiger partial charge is 0.0234 e. The molecule has 0 aliphatic heterocycles. The molecule has 1 aliphatic carbocycles. The third kappa shape index (κ3) is 5.72. The average Bonchev–Trinajstić information content (AvgIpc) is 2.87. The Hall–Kier alpha value is -2.12. The van der Waals surface area contributed by atoms with Crippen LogP contribution in [0.25, 0.3) is 6.08 Å². The SMILES string of the molecule is CN(CC=CC=Cc1ccccc1)Cc1ccc2c(c1)CCCCC2. The van der Waals surface area contributed by atoms with Gasteiger partial charge in [0.15, 0.2) is 0 Å². The van der Waals surface area contributed by atoms with Gasteiger partial charge in [-0.25, -0.2) is 0 Å². The first-order chi connectivity index (χ1) is 12.3. The summed E-state index contributed by atoms with van der Waals surface area (Å²) in [5, 5.41) is 0. The van der Waals surface area contributed by atoms with E-state index in [-0.39, 0.29) is 0 Å². The third-order valence-electron chi connectivity index (χ3n) is 4.87.